The summed E-state index contributed by atoms with van der Waals surface area (Å²) < 4.78 is 21.1. The molecule has 1 unspecified atom stereocenters. The molecule has 0 saturated heterocycles. The van der Waals surface area contributed by atoms with Crippen LogP contribution in [0.3, 0.4) is 0 Å². The molecule has 100 valence electrons. The fourth-order valence-corrected chi connectivity index (χ4v) is 2.47. The molecule has 0 spiro atoms. The summed E-state index contributed by atoms with van der Waals surface area (Å²) in [6.07, 6.45) is 2.70. The van der Waals surface area contributed by atoms with Crippen molar-refractivity contribution in [3.8, 4) is 0 Å². The van der Waals surface area contributed by atoms with Crippen molar-refractivity contribution in [2.75, 3.05) is 26.9 Å². The maximum absolute atomic E-state index is 10.7. The van der Waals surface area contributed by atoms with Crippen molar-refractivity contribution < 1.29 is 22.8 Å². The van der Waals surface area contributed by atoms with Crippen LogP contribution in [0.5, 0.6) is 0 Å². The molecule has 5 nitrogen and oxygen atoms in total. The number of unbranched alkanes of at least 4 members (excludes halogenated alkanes) is 1. The number of esters is 1. The maximum Gasteiger partial charge on any atom is 0.497 e. The molecule has 0 bridgehead atoms. The van der Waals surface area contributed by atoms with Crippen LogP contribution in [0.2, 0.25) is 6.55 Å². The predicted octanol–water partition coefficient (Wildman–Crippen LogP) is 1.76. The van der Waals surface area contributed by atoms with Gasteiger partial charge in [-0.2, -0.15) is 0 Å². The molecule has 0 saturated carbocycles. The molecular formula is C11H22O5Si. The van der Waals surface area contributed by atoms with Gasteiger partial charge in [0.25, 0.3) is 0 Å². The van der Waals surface area contributed by atoms with E-state index in [1.165, 1.54) is 0 Å². The van der Waals surface area contributed by atoms with E-state index in [-0.39, 0.29) is 0 Å². The summed E-state index contributed by atoms with van der Waals surface area (Å²) in [5.74, 6) is -0.392. The Morgan fingerprint density at radius 2 is 1.94 bits per heavy atom. The summed E-state index contributed by atoms with van der Waals surface area (Å²) in [6.45, 7) is 8.58. The van der Waals surface area contributed by atoms with Crippen LogP contribution in [0.1, 0.15) is 19.8 Å². The fourth-order valence-electron chi connectivity index (χ4n) is 1.12. The molecule has 0 aromatic rings. The quantitative estimate of drug-likeness (QED) is 0.260. The van der Waals surface area contributed by atoms with E-state index in [9.17, 15) is 4.79 Å². The zero-order valence-corrected chi connectivity index (χ0v) is 11.9. The van der Waals surface area contributed by atoms with E-state index >= 15 is 0 Å². The highest BCUT2D eigenvalue weighted by Crippen LogP contribution is 2.08. The van der Waals surface area contributed by atoms with E-state index < -0.39 is 14.8 Å². The lowest BCUT2D eigenvalue weighted by molar-refractivity contribution is -0.137. The van der Waals surface area contributed by atoms with Gasteiger partial charge in [-0.05, 0) is 19.8 Å². The Morgan fingerprint density at radius 1 is 1.29 bits per heavy atom. The number of carbonyl (C=O) groups excluding carboxylic acids is 1. The first-order valence-electron chi connectivity index (χ1n) is 5.70. The van der Waals surface area contributed by atoms with Gasteiger partial charge >= 0.3 is 14.8 Å². The highest BCUT2D eigenvalue weighted by atomic mass is 28.4. The van der Waals surface area contributed by atoms with E-state index in [4.69, 9.17) is 18.0 Å². The lowest BCUT2D eigenvalue weighted by Gasteiger charge is -2.23. The third-order valence-electron chi connectivity index (χ3n) is 2.09. The van der Waals surface area contributed by atoms with Crippen molar-refractivity contribution in [1.82, 2.24) is 0 Å². The zero-order chi connectivity index (χ0) is 13.1. The summed E-state index contributed by atoms with van der Waals surface area (Å²) >= 11 is 0. The topological polar surface area (TPSA) is 54.0 Å². The van der Waals surface area contributed by atoms with Gasteiger partial charge in [0.1, 0.15) is 0 Å². The molecule has 0 aromatic carbocycles. The van der Waals surface area contributed by atoms with Gasteiger partial charge in [-0.1, -0.05) is 6.58 Å². The third kappa shape index (κ3) is 8.09. The van der Waals surface area contributed by atoms with Gasteiger partial charge in [0, 0.05) is 32.9 Å². The van der Waals surface area contributed by atoms with Crippen molar-refractivity contribution in [1.29, 1.82) is 0 Å². The van der Waals surface area contributed by atoms with Crippen LogP contribution >= 0.6 is 0 Å². The Balaban J connectivity index is 3.55. The average molecular weight is 262 g/mol. The molecule has 0 radical (unpaired) electrons. The van der Waals surface area contributed by atoms with Crippen LogP contribution < -0.4 is 0 Å². The summed E-state index contributed by atoms with van der Waals surface area (Å²) in [5.41, 5.74) is 0. The van der Waals surface area contributed by atoms with Gasteiger partial charge in [0.15, 0.2) is 0 Å². The van der Waals surface area contributed by atoms with Crippen LogP contribution in [0.4, 0.5) is 0 Å². The maximum atomic E-state index is 10.7. The normalized spacial score (nSPS) is 14.1. The number of hydrogen-bond acceptors (Lipinski definition) is 5. The van der Waals surface area contributed by atoms with Crippen molar-refractivity contribution in [2.24, 2.45) is 0 Å². The van der Waals surface area contributed by atoms with Gasteiger partial charge in [0.2, 0.25) is 0 Å². The fraction of sp³-hybridized carbons (Fsp3) is 0.727. The van der Waals surface area contributed by atoms with Crippen molar-refractivity contribution >= 4 is 14.8 Å². The smallest absolute Gasteiger partial charge is 0.463 e. The Bertz CT molecular complexity index is 234. The second kappa shape index (κ2) is 9.35. The van der Waals surface area contributed by atoms with E-state index in [0.717, 1.165) is 18.9 Å². The second-order valence-corrected chi connectivity index (χ2v) is 6.14. The molecule has 0 heterocycles. The second-order valence-electron chi connectivity index (χ2n) is 3.43. The van der Waals surface area contributed by atoms with E-state index in [2.05, 4.69) is 6.58 Å². The molecular weight excluding hydrogens is 240 g/mol. The number of hydrogen-bond donors (Lipinski definition) is 0. The minimum absolute atomic E-state index is 0.383. The van der Waals surface area contributed by atoms with Gasteiger partial charge in [-0.15, -0.1) is 0 Å². The van der Waals surface area contributed by atoms with Gasteiger partial charge < -0.3 is 18.0 Å². The first-order chi connectivity index (χ1) is 8.08. The van der Waals surface area contributed by atoms with Crippen molar-refractivity contribution in [3.63, 3.8) is 0 Å². The molecule has 0 aromatic heterocycles. The Hall–Kier alpha value is -0.693. The third-order valence-corrected chi connectivity index (χ3v) is 4.37. The molecule has 0 aliphatic rings. The van der Waals surface area contributed by atoms with Crippen molar-refractivity contribution in [3.05, 3.63) is 12.7 Å². The SMILES string of the molecule is C=CC(=O)OCCCCO[Si](C)(OC)OCC. The largest absolute Gasteiger partial charge is 0.497 e. The first kappa shape index (κ1) is 16.3. The van der Waals surface area contributed by atoms with E-state index in [0.29, 0.717) is 19.8 Å². The monoisotopic (exact) mass is 262 g/mol. The minimum Gasteiger partial charge on any atom is -0.463 e. The predicted molar refractivity (Wildman–Crippen MR) is 66.6 cm³/mol. The summed E-state index contributed by atoms with van der Waals surface area (Å²) in [6, 6.07) is 0. The summed E-state index contributed by atoms with van der Waals surface area (Å²) in [5, 5.41) is 0. The van der Waals surface area contributed by atoms with Crippen molar-refractivity contribution in [2.45, 2.75) is 26.3 Å². The zero-order valence-electron chi connectivity index (χ0n) is 10.9. The number of rotatable bonds is 10. The molecule has 0 aliphatic heterocycles. The molecule has 0 rings (SSSR count). The van der Waals surface area contributed by atoms with Crippen LogP contribution in [0.25, 0.3) is 0 Å². The number of carbonyl (C=O) groups is 1. The molecule has 0 fully saturated rings. The Morgan fingerprint density at radius 3 is 2.47 bits per heavy atom. The molecule has 6 heteroatoms. The first-order valence-corrected chi connectivity index (χ1v) is 7.92. The van der Waals surface area contributed by atoms with E-state index in [1.54, 1.807) is 7.11 Å². The lowest BCUT2D eigenvalue weighted by atomic mass is 10.3. The average Bonchev–Trinajstić information content (AvgIpc) is 2.33. The molecule has 1 atom stereocenters. The van der Waals surface area contributed by atoms with Crippen LogP contribution in [-0.2, 0) is 22.8 Å². The van der Waals surface area contributed by atoms with Gasteiger partial charge in [-0.25, -0.2) is 4.79 Å². The summed E-state index contributed by atoms with van der Waals surface area (Å²) in [7, 11) is -0.845. The standard InChI is InChI=1S/C11H22O5Si/c1-5-11(12)14-9-7-8-10-16-17(4,13-3)15-6-2/h5H,1,6-10H2,2-4H3. The Kier molecular flexibility index (Phi) is 8.97. The van der Waals surface area contributed by atoms with E-state index in [1.807, 2.05) is 13.5 Å². The molecule has 0 aliphatic carbocycles. The molecule has 0 amide bonds. The summed E-state index contributed by atoms with van der Waals surface area (Å²) in [4.78, 5) is 10.7. The van der Waals surface area contributed by atoms with Crippen LogP contribution in [0.15, 0.2) is 12.7 Å². The minimum atomic E-state index is -2.44. The number of ether oxygens (including phenoxy) is 1. The molecule has 17 heavy (non-hydrogen) atoms. The highest BCUT2D eigenvalue weighted by molar-refractivity contribution is 6.59. The van der Waals surface area contributed by atoms with Crippen LogP contribution in [0, 0.1) is 0 Å². The van der Waals surface area contributed by atoms with Gasteiger partial charge in [0.05, 0.1) is 6.61 Å². The highest BCUT2D eigenvalue weighted by Gasteiger charge is 2.32. The lowest BCUT2D eigenvalue weighted by Crippen LogP contribution is -2.41. The Labute approximate surface area is 104 Å². The molecule has 0 N–H and O–H groups in total. The van der Waals surface area contributed by atoms with Gasteiger partial charge in [-0.3, -0.25) is 0 Å². The van der Waals surface area contributed by atoms with Crippen LogP contribution in [-0.4, -0.2) is 41.7 Å².